The largest absolute Gasteiger partial charge is 0.481 e. The molecule has 1 unspecified atom stereocenters. The topological polar surface area (TPSA) is 51.7 Å². The third kappa shape index (κ3) is 4.51. The molecule has 1 atom stereocenters. The van der Waals surface area contributed by atoms with Crippen LogP contribution in [0.1, 0.15) is 24.1 Å². The predicted octanol–water partition coefficient (Wildman–Crippen LogP) is 4.59. The van der Waals surface area contributed by atoms with Gasteiger partial charge in [0.25, 0.3) is 0 Å². The smallest absolute Gasteiger partial charge is 0.320 e. The lowest BCUT2D eigenvalue weighted by Gasteiger charge is -2.29. The van der Waals surface area contributed by atoms with Gasteiger partial charge >= 0.3 is 5.97 Å². The number of carbonyl (C=O) groups excluding carboxylic acids is 1. The van der Waals surface area contributed by atoms with Crippen LogP contribution in [0.15, 0.2) is 59.1 Å². The summed E-state index contributed by atoms with van der Waals surface area (Å²) in [5, 5.41) is 0.996. The van der Waals surface area contributed by atoms with Crippen LogP contribution in [0, 0.1) is 0 Å². The standard InChI is InChI=1S/C22H23BrN2O3/c1-4-28-20(26)14-25(2)21(15-8-6-5-7-9-15)18-13-16-12-17(23)10-11-19(16)24-22(18)27-3/h5-13,21H,4,14H2,1-3H3. The normalized spacial score (nSPS) is 12.2. The summed E-state index contributed by atoms with van der Waals surface area (Å²) < 4.78 is 11.7. The fraction of sp³-hybridized carbons (Fsp3) is 0.273. The molecule has 0 saturated heterocycles. The highest BCUT2D eigenvalue weighted by Gasteiger charge is 2.26. The third-order valence-corrected chi connectivity index (χ3v) is 4.99. The molecule has 3 aromatic rings. The van der Waals surface area contributed by atoms with Gasteiger partial charge in [0.15, 0.2) is 0 Å². The van der Waals surface area contributed by atoms with Crippen molar-refractivity contribution in [2.75, 3.05) is 27.3 Å². The van der Waals surface area contributed by atoms with E-state index in [1.54, 1.807) is 14.0 Å². The first-order valence-corrected chi connectivity index (χ1v) is 9.87. The van der Waals surface area contributed by atoms with E-state index in [0.29, 0.717) is 12.5 Å². The maximum absolute atomic E-state index is 12.1. The van der Waals surface area contributed by atoms with Gasteiger partial charge < -0.3 is 9.47 Å². The molecule has 0 aliphatic carbocycles. The molecular formula is C22H23BrN2O3. The average molecular weight is 443 g/mol. The van der Waals surface area contributed by atoms with Gasteiger partial charge in [-0.15, -0.1) is 0 Å². The van der Waals surface area contributed by atoms with Crippen molar-refractivity contribution in [2.24, 2.45) is 0 Å². The predicted molar refractivity (Wildman–Crippen MR) is 114 cm³/mol. The maximum atomic E-state index is 12.1. The van der Waals surface area contributed by atoms with Gasteiger partial charge in [-0.25, -0.2) is 4.98 Å². The van der Waals surface area contributed by atoms with Crippen molar-refractivity contribution in [1.29, 1.82) is 0 Å². The average Bonchev–Trinajstić information content (AvgIpc) is 2.68. The van der Waals surface area contributed by atoms with Gasteiger partial charge in [0.2, 0.25) is 5.88 Å². The SMILES string of the molecule is CCOC(=O)CN(C)C(c1ccccc1)c1cc2cc(Br)ccc2nc1OC. The Kier molecular flexibility index (Phi) is 6.65. The summed E-state index contributed by atoms with van der Waals surface area (Å²) in [6.45, 7) is 2.32. The van der Waals surface area contributed by atoms with Gasteiger partial charge in [0.05, 0.1) is 31.8 Å². The van der Waals surface area contributed by atoms with Crippen LogP contribution >= 0.6 is 15.9 Å². The number of methoxy groups -OCH3 is 1. The Labute approximate surface area is 173 Å². The minimum Gasteiger partial charge on any atom is -0.481 e. The number of likely N-dealkylation sites (N-methyl/N-ethyl adjacent to an activating group) is 1. The minimum atomic E-state index is -0.263. The molecule has 0 aliphatic heterocycles. The van der Waals surface area contributed by atoms with Crippen LogP contribution in [0.2, 0.25) is 0 Å². The molecular weight excluding hydrogens is 420 g/mol. The second kappa shape index (κ2) is 9.17. The summed E-state index contributed by atoms with van der Waals surface area (Å²) in [6, 6.07) is 17.8. The summed E-state index contributed by atoms with van der Waals surface area (Å²) in [7, 11) is 3.52. The molecule has 0 amide bonds. The molecule has 2 aromatic carbocycles. The van der Waals surface area contributed by atoms with Crippen LogP contribution in [0.25, 0.3) is 10.9 Å². The highest BCUT2D eigenvalue weighted by molar-refractivity contribution is 9.10. The Morgan fingerprint density at radius 2 is 1.93 bits per heavy atom. The van der Waals surface area contributed by atoms with E-state index in [9.17, 15) is 4.79 Å². The molecule has 0 saturated carbocycles. The molecule has 0 radical (unpaired) electrons. The third-order valence-electron chi connectivity index (χ3n) is 4.50. The van der Waals surface area contributed by atoms with Crippen molar-refractivity contribution in [3.8, 4) is 5.88 Å². The Balaban J connectivity index is 2.12. The van der Waals surface area contributed by atoms with Crippen molar-refractivity contribution in [3.63, 3.8) is 0 Å². The van der Waals surface area contributed by atoms with E-state index in [1.807, 2.05) is 60.5 Å². The number of halogens is 1. The number of pyridine rings is 1. The summed E-state index contributed by atoms with van der Waals surface area (Å²) in [6.07, 6.45) is 0. The molecule has 0 bridgehead atoms. The van der Waals surface area contributed by atoms with Gasteiger partial charge in [-0.2, -0.15) is 0 Å². The number of hydrogen-bond donors (Lipinski definition) is 0. The summed E-state index contributed by atoms with van der Waals surface area (Å²) in [5.74, 6) is 0.278. The minimum absolute atomic E-state index is 0.160. The molecule has 0 N–H and O–H groups in total. The zero-order valence-corrected chi connectivity index (χ0v) is 17.8. The monoisotopic (exact) mass is 442 g/mol. The highest BCUT2D eigenvalue weighted by atomic mass is 79.9. The second-order valence-corrected chi connectivity index (χ2v) is 7.37. The van der Waals surface area contributed by atoms with Crippen molar-refractivity contribution < 1.29 is 14.3 Å². The lowest BCUT2D eigenvalue weighted by molar-refractivity contribution is -0.144. The van der Waals surface area contributed by atoms with Crippen molar-refractivity contribution in [3.05, 3.63) is 70.2 Å². The number of aromatic nitrogens is 1. The van der Waals surface area contributed by atoms with Crippen molar-refractivity contribution in [2.45, 2.75) is 13.0 Å². The van der Waals surface area contributed by atoms with Crippen molar-refractivity contribution >= 4 is 32.8 Å². The quantitative estimate of drug-likeness (QED) is 0.500. The van der Waals surface area contributed by atoms with Crippen LogP contribution in [-0.2, 0) is 9.53 Å². The van der Waals surface area contributed by atoms with Gasteiger partial charge in [-0.1, -0.05) is 46.3 Å². The fourth-order valence-electron chi connectivity index (χ4n) is 3.31. The van der Waals surface area contributed by atoms with E-state index in [4.69, 9.17) is 14.5 Å². The molecule has 5 nitrogen and oxygen atoms in total. The van der Waals surface area contributed by atoms with Crippen LogP contribution in [0.4, 0.5) is 0 Å². The number of esters is 1. The van der Waals surface area contributed by atoms with Crippen LogP contribution in [-0.4, -0.2) is 43.2 Å². The summed E-state index contributed by atoms with van der Waals surface area (Å²) in [5.41, 5.74) is 2.79. The molecule has 6 heteroatoms. The number of nitrogens with zero attached hydrogens (tertiary/aromatic N) is 2. The van der Waals surface area contributed by atoms with E-state index in [0.717, 1.165) is 26.5 Å². The molecule has 0 aliphatic rings. The Hall–Kier alpha value is -2.44. The molecule has 28 heavy (non-hydrogen) atoms. The zero-order valence-electron chi connectivity index (χ0n) is 16.2. The molecule has 0 fully saturated rings. The van der Waals surface area contributed by atoms with E-state index in [2.05, 4.69) is 22.0 Å². The molecule has 1 aromatic heterocycles. The summed E-state index contributed by atoms with van der Waals surface area (Å²) in [4.78, 5) is 18.8. The lowest BCUT2D eigenvalue weighted by Crippen LogP contribution is -2.32. The molecule has 1 heterocycles. The van der Waals surface area contributed by atoms with Gasteiger partial charge in [-0.3, -0.25) is 9.69 Å². The maximum Gasteiger partial charge on any atom is 0.320 e. The van der Waals surface area contributed by atoms with Crippen molar-refractivity contribution in [1.82, 2.24) is 9.88 Å². The second-order valence-electron chi connectivity index (χ2n) is 6.46. The van der Waals surface area contributed by atoms with Crippen LogP contribution in [0.3, 0.4) is 0 Å². The van der Waals surface area contributed by atoms with Gasteiger partial charge in [0.1, 0.15) is 0 Å². The zero-order chi connectivity index (χ0) is 20.1. The molecule has 3 rings (SSSR count). The number of ether oxygens (including phenoxy) is 2. The lowest BCUT2D eigenvalue weighted by atomic mass is 9.97. The van der Waals surface area contributed by atoms with Crippen LogP contribution in [0.5, 0.6) is 5.88 Å². The number of hydrogen-bond acceptors (Lipinski definition) is 5. The highest BCUT2D eigenvalue weighted by Crippen LogP contribution is 2.35. The van der Waals surface area contributed by atoms with E-state index < -0.39 is 0 Å². The number of rotatable bonds is 7. The first kappa shape index (κ1) is 20.3. The van der Waals surface area contributed by atoms with Gasteiger partial charge in [-0.05, 0) is 43.8 Å². The van der Waals surface area contributed by atoms with E-state index in [-0.39, 0.29) is 18.6 Å². The Morgan fingerprint density at radius 3 is 2.61 bits per heavy atom. The Bertz CT molecular complexity index is 963. The molecule has 146 valence electrons. The number of benzene rings is 2. The Morgan fingerprint density at radius 1 is 1.18 bits per heavy atom. The fourth-order valence-corrected chi connectivity index (χ4v) is 3.69. The molecule has 0 spiro atoms. The number of carbonyl (C=O) groups is 1. The summed E-state index contributed by atoms with van der Waals surface area (Å²) >= 11 is 3.52. The van der Waals surface area contributed by atoms with Crippen LogP contribution < -0.4 is 4.74 Å². The van der Waals surface area contributed by atoms with E-state index >= 15 is 0 Å². The van der Waals surface area contributed by atoms with E-state index in [1.165, 1.54) is 0 Å². The number of fused-ring (bicyclic) bond motifs is 1. The van der Waals surface area contributed by atoms with Gasteiger partial charge in [0, 0.05) is 15.4 Å². The first-order chi connectivity index (χ1) is 13.5. The first-order valence-electron chi connectivity index (χ1n) is 9.08.